The first-order valence-electron chi connectivity index (χ1n) is 10.8. The molecule has 2 atom stereocenters. The van der Waals surface area contributed by atoms with Crippen molar-refractivity contribution in [2.24, 2.45) is 0 Å². The second-order valence-corrected chi connectivity index (χ2v) is 10.0. The van der Waals surface area contributed by atoms with Gasteiger partial charge in [-0.15, -0.1) is 0 Å². The van der Waals surface area contributed by atoms with Crippen LogP contribution in [-0.4, -0.2) is 75.4 Å². The predicted octanol–water partition coefficient (Wildman–Crippen LogP) is 3.35. The monoisotopic (exact) mass is 461 g/mol. The topological polar surface area (TPSA) is 106 Å². The van der Waals surface area contributed by atoms with E-state index >= 15 is 0 Å². The summed E-state index contributed by atoms with van der Waals surface area (Å²) in [5, 5.41) is 2.00. The van der Waals surface area contributed by atoms with E-state index < -0.39 is 47.3 Å². The van der Waals surface area contributed by atoms with Crippen molar-refractivity contribution in [3.05, 3.63) is 35.9 Å². The van der Waals surface area contributed by atoms with Crippen molar-refractivity contribution in [3.8, 4) is 0 Å². The molecule has 0 aliphatic carbocycles. The Hall–Kier alpha value is -3.30. The zero-order chi connectivity index (χ0) is 24.6. The summed E-state index contributed by atoms with van der Waals surface area (Å²) in [6, 6.07) is 7.18. The quantitative estimate of drug-likeness (QED) is 0.622. The zero-order valence-corrected chi connectivity index (χ0v) is 19.9. The number of hydrazine groups is 1. The minimum atomic E-state index is -1.08. The van der Waals surface area contributed by atoms with Crippen LogP contribution in [0.15, 0.2) is 30.3 Å². The van der Waals surface area contributed by atoms with Crippen molar-refractivity contribution < 1.29 is 33.4 Å². The summed E-state index contributed by atoms with van der Waals surface area (Å²) >= 11 is 0. The number of nitrogens with zero attached hydrogens (tertiary/aromatic N) is 3. The van der Waals surface area contributed by atoms with Gasteiger partial charge in [0.05, 0.1) is 19.1 Å². The molecule has 0 aromatic heterocycles. The summed E-state index contributed by atoms with van der Waals surface area (Å²) < 4.78 is 16.3. The van der Waals surface area contributed by atoms with E-state index in [4.69, 9.17) is 14.2 Å². The van der Waals surface area contributed by atoms with Crippen molar-refractivity contribution >= 4 is 24.1 Å². The average Bonchev–Trinajstić information content (AvgIpc) is 3.22. The molecule has 180 valence electrons. The Morgan fingerprint density at radius 3 is 2.06 bits per heavy atom. The van der Waals surface area contributed by atoms with E-state index in [1.54, 1.807) is 65.8 Å². The van der Waals surface area contributed by atoms with Gasteiger partial charge >= 0.3 is 18.3 Å². The molecular formula is C23H31N3O7. The van der Waals surface area contributed by atoms with Crippen molar-refractivity contribution in [2.75, 3.05) is 13.1 Å². The third kappa shape index (κ3) is 5.74. The van der Waals surface area contributed by atoms with E-state index in [1.807, 2.05) is 6.07 Å². The number of ether oxygens (including phenoxy) is 3. The van der Waals surface area contributed by atoms with E-state index in [1.165, 1.54) is 4.90 Å². The van der Waals surface area contributed by atoms with Crippen molar-refractivity contribution in [1.82, 2.24) is 14.9 Å². The number of amides is 3. The highest BCUT2D eigenvalue weighted by Gasteiger charge is 2.58. The number of rotatable bonds is 2. The van der Waals surface area contributed by atoms with Gasteiger partial charge in [-0.25, -0.2) is 24.4 Å². The fourth-order valence-electron chi connectivity index (χ4n) is 3.67. The van der Waals surface area contributed by atoms with Crippen LogP contribution in [0.5, 0.6) is 0 Å². The van der Waals surface area contributed by atoms with Gasteiger partial charge in [0.2, 0.25) is 0 Å². The summed E-state index contributed by atoms with van der Waals surface area (Å²) in [6.07, 6.45) is -2.38. The van der Waals surface area contributed by atoms with Crippen LogP contribution in [0, 0.1) is 0 Å². The molecule has 0 spiro atoms. The largest absolute Gasteiger partial charge is 0.444 e. The molecule has 2 heterocycles. The lowest BCUT2D eigenvalue weighted by Gasteiger charge is -2.31. The molecule has 2 aliphatic rings. The molecule has 2 unspecified atom stereocenters. The second kappa shape index (κ2) is 8.92. The number of likely N-dealkylation sites (tertiary alicyclic amines) is 1. The van der Waals surface area contributed by atoms with Gasteiger partial charge in [-0.05, 0) is 47.1 Å². The number of carbonyl (C=O) groups excluding carboxylic acids is 4. The highest BCUT2D eigenvalue weighted by Crippen LogP contribution is 2.32. The fourth-order valence-corrected chi connectivity index (χ4v) is 3.67. The van der Waals surface area contributed by atoms with E-state index in [2.05, 4.69) is 0 Å². The van der Waals surface area contributed by atoms with E-state index in [9.17, 15) is 19.2 Å². The maximum absolute atomic E-state index is 13.1. The number of hydrogen-bond donors (Lipinski definition) is 0. The molecule has 10 heteroatoms. The molecule has 3 rings (SSSR count). The minimum Gasteiger partial charge on any atom is -0.444 e. The smallest absolute Gasteiger partial charge is 0.430 e. The van der Waals surface area contributed by atoms with Gasteiger partial charge < -0.3 is 14.2 Å². The van der Waals surface area contributed by atoms with Crippen LogP contribution in [0.2, 0.25) is 0 Å². The summed E-state index contributed by atoms with van der Waals surface area (Å²) in [5.74, 6) is -0.395. The Morgan fingerprint density at radius 1 is 0.909 bits per heavy atom. The van der Waals surface area contributed by atoms with E-state index in [0.29, 0.717) is 0 Å². The summed E-state index contributed by atoms with van der Waals surface area (Å²) in [7, 11) is 0. The van der Waals surface area contributed by atoms with E-state index in [-0.39, 0.29) is 19.7 Å². The van der Waals surface area contributed by atoms with Gasteiger partial charge in [0.25, 0.3) is 0 Å². The van der Waals surface area contributed by atoms with Gasteiger partial charge in [0.15, 0.2) is 5.78 Å². The number of carbonyl (C=O) groups is 4. The van der Waals surface area contributed by atoms with E-state index in [0.717, 1.165) is 15.6 Å². The lowest BCUT2D eigenvalue weighted by Crippen LogP contribution is -2.52. The highest BCUT2D eigenvalue weighted by atomic mass is 16.6. The summed E-state index contributed by atoms with van der Waals surface area (Å²) in [6.45, 7) is 9.85. The molecule has 3 amide bonds. The Morgan fingerprint density at radius 2 is 1.48 bits per heavy atom. The Balaban J connectivity index is 1.85. The van der Waals surface area contributed by atoms with Gasteiger partial charge in [-0.3, -0.25) is 9.69 Å². The van der Waals surface area contributed by atoms with Crippen LogP contribution in [0.4, 0.5) is 14.4 Å². The molecule has 1 aromatic rings. The lowest BCUT2D eigenvalue weighted by atomic mass is 10.1. The van der Waals surface area contributed by atoms with Crippen LogP contribution >= 0.6 is 0 Å². The predicted molar refractivity (Wildman–Crippen MR) is 117 cm³/mol. The maximum atomic E-state index is 13.1. The zero-order valence-electron chi connectivity index (χ0n) is 19.9. The Labute approximate surface area is 193 Å². The van der Waals surface area contributed by atoms with Crippen LogP contribution in [0.25, 0.3) is 0 Å². The Bertz CT molecular complexity index is 920. The standard InChI is InChI=1S/C23H31N3O7/c1-22(2,3)32-19(28)24-13-17(27)18-16(24)12-25(20(29)33-23(4,5)6)26(18)21(30)31-14-15-10-8-7-9-11-15/h7-11,16,18H,12-14H2,1-6H3. The fraction of sp³-hybridized carbons (Fsp3) is 0.565. The van der Waals surface area contributed by atoms with Crippen LogP contribution in [0.1, 0.15) is 47.1 Å². The number of Topliss-reactive ketones (excluding diaryl/α,β-unsaturated/α-hetero) is 1. The number of ketones is 1. The molecular weight excluding hydrogens is 430 g/mol. The maximum Gasteiger partial charge on any atom is 0.430 e. The van der Waals surface area contributed by atoms with Gasteiger partial charge in [-0.2, -0.15) is 0 Å². The molecule has 0 N–H and O–H groups in total. The first kappa shape index (κ1) is 24.3. The first-order chi connectivity index (χ1) is 15.3. The normalized spacial score (nSPS) is 20.5. The van der Waals surface area contributed by atoms with Gasteiger partial charge in [0.1, 0.15) is 23.9 Å². The number of fused-ring (bicyclic) bond motifs is 1. The molecule has 1 aromatic carbocycles. The molecule has 2 aliphatic heterocycles. The van der Waals surface area contributed by atoms with Crippen molar-refractivity contribution in [2.45, 2.75) is 71.4 Å². The molecule has 2 fully saturated rings. The summed E-state index contributed by atoms with van der Waals surface area (Å²) in [4.78, 5) is 52.8. The first-order valence-corrected chi connectivity index (χ1v) is 10.8. The summed E-state index contributed by atoms with van der Waals surface area (Å²) in [5.41, 5.74) is -0.849. The van der Waals surface area contributed by atoms with Crippen LogP contribution < -0.4 is 0 Å². The molecule has 10 nitrogen and oxygen atoms in total. The second-order valence-electron chi connectivity index (χ2n) is 10.0. The van der Waals surface area contributed by atoms with Crippen LogP contribution in [0.3, 0.4) is 0 Å². The molecule has 0 radical (unpaired) electrons. The highest BCUT2D eigenvalue weighted by molar-refractivity contribution is 5.96. The van der Waals surface area contributed by atoms with Gasteiger partial charge in [-0.1, -0.05) is 30.3 Å². The molecule has 33 heavy (non-hydrogen) atoms. The number of hydrogen-bond acceptors (Lipinski definition) is 7. The van der Waals surface area contributed by atoms with Crippen LogP contribution in [-0.2, 0) is 25.6 Å². The number of benzene rings is 1. The molecule has 0 saturated carbocycles. The average molecular weight is 462 g/mol. The molecule has 2 saturated heterocycles. The van der Waals surface area contributed by atoms with Gasteiger partial charge in [0, 0.05) is 0 Å². The Kier molecular flexibility index (Phi) is 6.58. The SMILES string of the molecule is CC(C)(C)OC(=O)N1CC(=O)C2C1CN(C(=O)OC(C)(C)C)N2C(=O)OCc1ccccc1. The molecule has 0 bridgehead atoms. The third-order valence-electron chi connectivity index (χ3n) is 4.93. The lowest BCUT2D eigenvalue weighted by molar-refractivity contribution is -0.123. The van der Waals surface area contributed by atoms with Crippen molar-refractivity contribution in [3.63, 3.8) is 0 Å². The minimum absolute atomic E-state index is 0.0420. The van der Waals surface area contributed by atoms with Crippen molar-refractivity contribution in [1.29, 1.82) is 0 Å². The third-order valence-corrected chi connectivity index (χ3v) is 4.93.